The van der Waals surface area contributed by atoms with E-state index in [0.717, 1.165) is 25.3 Å². The number of aliphatic hydroxyl groups excluding tert-OH is 1. The van der Waals surface area contributed by atoms with Gasteiger partial charge in [0.05, 0.1) is 6.10 Å². The van der Waals surface area contributed by atoms with Crippen LogP contribution in [-0.4, -0.2) is 5.11 Å². The third-order valence-electron chi connectivity index (χ3n) is 6.18. The molecule has 3 atom stereocenters. The predicted molar refractivity (Wildman–Crippen MR) is 76.5 cm³/mol. The number of rotatable bonds is 2. The molecule has 0 radical (unpaired) electrons. The first-order chi connectivity index (χ1) is 9.87. The zero-order chi connectivity index (χ0) is 14.8. The van der Waals surface area contributed by atoms with Crippen LogP contribution in [0.4, 0.5) is 8.78 Å². The van der Waals surface area contributed by atoms with Crippen LogP contribution in [-0.2, 0) is 0 Å². The van der Waals surface area contributed by atoms with Gasteiger partial charge in [0.15, 0.2) is 0 Å². The van der Waals surface area contributed by atoms with Crippen LogP contribution in [0.15, 0.2) is 18.2 Å². The molecule has 0 aromatic heterocycles. The van der Waals surface area contributed by atoms with Crippen molar-refractivity contribution in [1.82, 2.24) is 0 Å². The fourth-order valence-electron chi connectivity index (χ4n) is 6.20. The Hall–Kier alpha value is -0.960. The van der Waals surface area contributed by atoms with Gasteiger partial charge in [-0.15, -0.1) is 0 Å². The molecule has 1 N–H and O–H groups in total. The predicted octanol–water partition coefficient (Wildman–Crippen LogP) is 4.60. The molecule has 4 fully saturated rings. The maximum atomic E-state index is 13.5. The van der Waals surface area contributed by atoms with Crippen LogP contribution in [0.1, 0.15) is 57.1 Å². The number of halogens is 2. The highest BCUT2D eigenvalue weighted by molar-refractivity contribution is 5.24. The Kier molecular flexibility index (Phi) is 2.79. The van der Waals surface area contributed by atoms with Crippen LogP contribution in [0.5, 0.6) is 0 Å². The van der Waals surface area contributed by atoms with Crippen molar-refractivity contribution in [2.24, 2.45) is 22.7 Å². The summed E-state index contributed by atoms with van der Waals surface area (Å²) in [5, 5.41) is 10.9. The smallest absolute Gasteiger partial charge is 0.126 e. The molecular formula is C18H22F2O. The lowest BCUT2D eigenvalue weighted by molar-refractivity contribution is -0.155. The van der Waals surface area contributed by atoms with E-state index >= 15 is 0 Å². The highest BCUT2D eigenvalue weighted by Gasteiger charge is 2.58. The molecule has 21 heavy (non-hydrogen) atoms. The Morgan fingerprint density at radius 3 is 2.14 bits per heavy atom. The third-order valence-corrected chi connectivity index (χ3v) is 6.18. The van der Waals surface area contributed by atoms with E-state index in [2.05, 4.69) is 6.92 Å². The van der Waals surface area contributed by atoms with Crippen molar-refractivity contribution >= 4 is 0 Å². The molecule has 4 bridgehead atoms. The maximum Gasteiger partial charge on any atom is 0.126 e. The average Bonchev–Trinajstić information content (AvgIpc) is 2.33. The molecular weight excluding hydrogens is 270 g/mol. The normalized spacial score (nSPS) is 42.3. The summed E-state index contributed by atoms with van der Waals surface area (Å²) in [5.74, 6) is 0.175. The minimum atomic E-state index is -0.743. The molecule has 0 amide bonds. The van der Waals surface area contributed by atoms with E-state index in [1.165, 1.54) is 31.4 Å². The van der Waals surface area contributed by atoms with E-state index in [4.69, 9.17) is 0 Å². The van der Waals surface area contributed by atoms with E-state index in [9.17, 15) is 13.9 Å². The molecule has 114 valence electrons. The van der Waals surface area contributed by atoms with Gasteiger partial charge in [0.25, 0.3) is 0 Å². The van der Waals surface area contributed by atoms with E-state index in [-0.39, 0.29) is 5.41 Å². The van der Waals surface area contributed by atoms with Gasteiger partial charge >= 0.3 is 0 Å². The van der Waals surface area contributed by atoms with Gasteiger partial charge in [-0.25, -0.2) is 8.78 Å². The van der Waals surface area contributed by atoms with Gasteiger partial charge in [-0.1, -0.05) is 6.92 Å². The summed E-state index contributed by atoms with van der Waals surface area (Å²) in [6.45, 7) is 2.33. The summed E-state index contributed by atoms with van der Waals surface area (Å²) >= 11 is 0. The van der Waals surface area contributed by atoms with Gasteiger partial charge in [-0.05, 0) is 73.5 Å². The zero-order valence-electron chi connectivity index (χ0n) is 12.4. The second-order valence-corrected chi connectivity index (χ2v) is 8.24. The summed E-state index contributed by atoms with van der Waals surface area (Å²) in [5.41, 5.74) is 0.564. The minimum absolute atomic E-state index is 0.168. The second kappa shape index (κ2) is 4.28. The third kappa shape index (κ3) is 2.12. The van der Waals surface area contributed by atoms with E-state index < -0.39 is 17.7 Å². The van der Waals surface area contributed by atoms with Gasteiger partial charge in [0.1, 0.15) is 11.6 Å². The van der Waals surface area contributed by atoms with E-state index in [0.29, 0.717) is 22.8 Å². The molecule has 4 saturated carbocycles. The molecule has 0 spiro atoms. The molecule has 0 heterocycles. The molecule has 3 unspecified atom stereocenters. The lowest BCUT2D eigenvalue weighted by Crippen LogP contribution is -2.53. The van der Waals surface area contributed by atoms with Crippen LogP contribution < -0.4 is 0 Å². The lowest BCUT2D eigenvalue weighted by atomic mass is 9.43. The topological polar surface area (TPSA) is 20.2 Å². The van der Waals surface area contributed by atoms with Crippen molar-refractivity contribution in [1.29, 1.82) is 0 Å². The van der Waals surface area contributed by atoms with Gasteiger partial charge < -0.3 is 5.11 Å². The summed E-state index contributed by atoms with van der Waals surface area (Å²) in [6, 6.07) is 3.47. The molecule has 4 aliphatic rings. The van der Waals surface area contributed by atoms with E-state index in [1.54, 1.807) is 0 Å². The minimum Gasteiger partial charge on any atom is -0.388 e. The lowest BCUT2D eigenvalue weighted by Gasteiger charge is -2.62. The molecule has 4 aliphatic carbocycles. The molecule has 1 nitrogen and oxygen atoms in total. The summed E-state index contributed by atoms with van der Waals surface area (Å²) < 4.78 is 27.0. The van der Waals surface area contributed by atoms with Crippen molar-refractivity contribution in [3.8, 4) is 0 Å². The molecule has 0 aliphatic heterocycles. The number of aliphatic hydroxyl groups is 1. The van der Waals surface area contributed by atoms with Gasteiger partial charge in [-0.3, -0.25) is 0 Å². The molecule has 0 saturated heterocycles. The Balaban J connectivity index is 1.71. The Bertz CT molecular complexity index is 548. The first-order valence-electron chi connectivity index (χ1n) is 8.02. The first-order valence-corrected chi connectivity index (χ1v) is 8.02. The number of hydrogen-bond acceptors (Lipinski definition) is 1. The van der Waals surface area contributed by atoms with Crippen LogP contribution in [0, 0.1) is 34.3 Å². The summed E-state index contributed by atoms with van der Waals surface area (Å²) in [7, 11) is 0. The van der Waals surface area contributed by atoms with Crippen molar-refractivity contribution in [3.05, 3.63) is 35.4 Å². The highest BCUT2D eigenvalue weighted by Crippen LogP contribution is 2.68. The Labute approximate surface area is 124 Å². The Morgan fingerprint density at radius 1 is 1.05 bits per heavy atom. The summed E-state index contributed by atoms with van der Waals surface area (Å²) in [4.78, 5) is 0. The molecule has 1 aromatic rings. The van der Waals surface area contributed by atoms with Crippen molar-refractivity contribution in [3.63, 3.8) is 0 Å². The monoisotopic (exact) mass is 292 g/mol. The largest absolute Gasteiger partial charge is 0.388 e. The van der Waals surface area contributed by atoms with Gasteiger partial charge in [0.2, 0.25) is 0 Å². The van der Waals surface area contributed by atoms with Gasteiger partial charge in [-0.2, -0.15) is 0 Å². The van der Waals surface area contributed by atoms with Crippen LogP contribution in [0.3, 0.4) is 0 Å². The Morgan fingerprint density at radius 2 is 1.62 bits per heavy atom. The van der Waals surface area contributed by atoms with Crippen molar-refractivity contribution < 1.29 is 13.9 Å². The summed E-state index contributed by atoms with van der Waals surface area (Å²) in [6.07, 6.45) is 6.07. The van der Waals surface area contributed by atoms with Crippen LogP contribution in [0.2, 0.25) is 0 Å². The quantitative estimate of drug-likeness (QED) is 0.844. The van der Waals surface area contributed by atoms with Crippen molar-refractivity contribution in [2.45, 2.75) is 51.6 Å². The second-order valence-electron chi connectivity index (χ2n) is 8.24. The molecule has 1 aromatic carbocycles. The number of hydrogen-bond donors (Lipinski definition) is 1. The van der Waals surface area contributed by atoms with Crippen LogP contribution >= 0.6 is 0 Å². The number of benzene rings is 1. The molecule has 3 heteroatoms. The van der Waals surface area contributed by atoms with Crippen LogP contribution in [0.25, 0.3) is 0 Å². The molecule has 5 rings (SSSR count). The SMILES string of the molecule is CC12CC3CC(C1)CC(C(O)c1cc(F)cc(F)c1)(C3)C2. The van der Waals surface area contributed by atoms with Gasteiger partial charge in [0, 0.05) is 11.5 Å². The zero-order valence-corrected chi connectivity index (χ0v) is 12.4. The van der Waals surface area contributed by atoms with E-state index in [1.807, 2.05) is 0 Å². The standard InChI is InChI=1S/C18H22F2O/c1-17-6-11-2-12(7-17)9-18(8-11,10-17)16(21)13-3-14(19)5-15(20)4-13/h3-5,11-12,16,21H,2,6-10H2,1H3. The average molecular weight is 292 g/mol. The fourth-order valence-corrected chi connectivity index (χ4v) is 6.20. The fraction of sp³-hybridized carbons (Fsp3) is 0.667. The maximum absolute atomic E-state index is 13.5. The van der Waals surface area contributed by atoms with Crippen molar-refractivity contribution in [2.75, 3.05) is 0 Å². The highest BCUT2D eigenvalue weighted by atomic mass is 19.1. The first kappa shape index (κ1) is 13.7.